The van der Waals surface area contributed by atoms with Gasteiger partial charge in [0.1, 0.15) is 5.82 Å². The van der Waals surface area contributed by atoms with Crippen molar-refractivity contribution in [2.45, 2.75) is 18.5 Å². The fraction of sp³-hybridized carbons (Fsp3) is 0.250. The second kappa shape index (κ2) is 5.93. The molecule has 0 saturated carbocycles. The highest BCUT2D eigenvalue weighted by Gasteiger charge is 2.19. The van der Waals surface area contributed by atoms with E-state index in [2.05, 4.69) is 25.0 Å². The quantitative estimate of drug-likeness (QED) is 0.842. The molecule has 0 fully saturated rings. The number of nitrogens with one attached hydrogen (secondary N) is 2. The summed E-state index contributed by atoms with van der Waals surface area (Å²) in [5.41, 5.74) is 1.04. The Balaban J connectivity index is 2.19. The van der Waals surface area contributed by atoms with Gasteiger partial charge < -0.3 is 5.32 Å². The first-order valence-corrected chi connectivity index (χ1v) is 7.42. The molecule has 0 radical (unpaired) electrons. The zero-order valence-electron chi connectivity index (χ0n) is 11.2. The largest absolute Gasteiger partial charge is 0.386 e. The maximum Gasteiger partial charge on any atom is 0.260 e. The van der Waals surface area contributed by atoms with Crippen LogP contribution in [0.15, 0.2) is 35.6 Å². The van der Waals surface area contributed by atoms with Crippen LogP contribution < -0.4 is 10.0 Å². The lowest BCUT2D eigenvalue weighted by Crippen LogP contribution is -2.25. The Bertz CT molecular complexity index is 702. The van der Waals surface area contributed by atoms with Crippen molar-refractivity contribution < 1.29 is 8.42 Å². The number of anilines is 1. The van der Waals surface area contributed by atoms with Gasteiger partial charge in [0.05, 0.1) is 17.9 Å². The minimum Gasteiger partial charge on any atom is -0.386 e. The Morgan fingerprint density at radius 2 is 2.00 bits per heavy atom. The van der Waals surface area contributed by atoms with Crippen molar-refractivity contribution in [3.05, 3.63) is 42.1 Å². The second-order valence-corrected chi connectivity index (χ2v) is 5.71. The van der Waals surface area contributed by atoms with E-state index in [9.17, 15) is 8.42 Å². The SMILES string of the molecule is CNc1cccnc1S(=O)(=O)NCc1ccnc(C)n1. The Labute approximate surface area is 117 Å². The summed E-state index contributed by atoms with van der Waals surface area (Å²) in [4.78, 5) is 12.0. The molecule has 0 aliphatic rings. The number of rotatable bonds is 5. The summed E-state index contributed by atoms with van der Waals surface area (Å²) in [5.74, 6) is 0.593. The third-order valence-electron chi connectivity index (χ3n) is 2.57. The molecule has 0 saturated heterocycles. The van der Waals surface area contributed by atoms with Crippen LogP contribution in [0.1, 0.15) is 11.5 Å². The Hall–Kier alpha value is -2.06. The minimum atomic E-state index is -3.70. The van der Waals surface area contributed by atoms with Gasteiger partial charge in [0.15, 0.2) is 5.03 Å². The molecular weight excluding hydrogens is 278 g/mol. The molecular formula is C12H15N5O2S. The van der Waals surface area contributed by atoms with Crippen LogP contribution in [-0.4, -0.2) is 30.4 Å². The molecule has 2 rings (SSSR count). The summed E-state index contributed by atoms with van der Waals surface area (Å²) < 4.78 is 26.9. The highest BCUT2D eigenvalue weighted by molar-refractivity contribution is 7.89. The maximum atomic E-state index is 12.2. The van der Waals surface area contributed by atoms with Crippen LogP contribution in [0.3, 0.4) is 0 Å². The molecule has 8 heteroatoms. The first-order valence-electron chi connectivity index (χ1n) is 5.94. The van der Waals surface area contributed by atoms with Crippen LogP contribution in [0, 0.1) is 6.92 Å². The molecule has 20 heavy (non-hydrogen) atoms. The zero-order valence-corrected chi connectivity index (χ0v) is 12.0. The highest BCUT2D eigenvalue weighted by Crippen LogP contribution is 2.17. The van der Waals surface area contributed by atoms with Gasteiger partial charge >= 0.3 is 0 Å². The molecule has 106 valence electrons. The minimum absolute atomic E-state index is 0.0340. The molecule has 2 aromatic heterocycles. The van der Waals surface area contributed by atoms with Gasteiger partial charge in [-0.2, -0.15) is 0 Å². The van der Waals surface area contributed by atoms with Crippen LogP contribution in [0.4, 0.5) is 5.69 Å². The number of nitrogens with zero attached hydrogens (tertiary/aromatic N) is 3. The van der Waals surface area contributed by atoms with Crippen molar-refractivity contribution in [3.63, 3.8) is 0 Å². The fourth-order valence-electron chi connectivity index (χ4n) is 1.64. The number of sulfonamides is 1. The van der Waals surface area contributed by atoms with E-state index in [-0.39, 0.29) is 11.6 Å². The summed E-state index contributed by atoms with van der Waals surface area (Å²) in [5, 5.41) is 2.77. The predicted molar refractivity (Wildman–Crippen MR) is 74.6 cm³/mol. The Morgan fingerprint density at radius 3 is 2.70 bits per heavy atom. The summed E-state index contributed by atoms with van der Waals surface area (Å²) >= 11 is 0. The van der Waals surface area contributed by atoms with E-state index < -0.39 is 10.0 Å². The summed E-state index contributed by atoms with van der Waals surface area (Å²) in [6.45, 7) is 1.83. The molecule has 0 aliphatic carbocycles. The van der Waals surface area contributed by atoms with Crippen molar-refractivity contribution in [1.82, 2.24) is 19.7 Å². The Kier molecular flexibility index (Phi) is 4.26. The molecule has 2 heterocycles. The monoisotopic (exact) mass is 293 g/mol. The molecule has 0 atom stereocenters. The van der Waals surface area contributed by atoms with Gasteiger partial charge in [-0.15, -0.1) is 0 Å². The van der Waals surface area contributed by atoms with Crippen LogP contribution in [0.5, 0.6) is 0 Å². The standard InChI is InChI=1S/C12H15N5O2S/c1-9-14-7-5-10(17-9)8-16-20(18,19)12-11(13-2)4-3-6-15-12/h3-7,13,16H,8H2,1-2H3. The number of aromatic nitrogens is 3. The molecule has 0 aliphatic heterocycles. The van der Waals surface area contributed by atoms with Gasteiger partial charge in [-0.1, -0.05) is 0 Å². The van der Waals surface area contributed by atoms with E-state index >= 15 is 0 Å². The second-order valence-electron chi connectivity index (χ2n) is 4.03. The number of hydrogen-bond acceptors (Lipinski definition) is 6. The lowest BCUT2D eigenvalue weighted by atomic mass is 10.4. The smallest absolute Gasteiger partial charge is 0.260 e. The van der Waals surface area contributed by atoms with Crippen molar-refractivity contribution in [2.75, 3.05) is 12.4 Å². The molecule has 0 unspecified atom stereocenters. The van der Waals surface area contributed by atoms with Crippen LogP contribution >= 0.6 is 0 Å². The maximum absolute atomic E-state index is 12.2. The molecule has 0 bridgehead atoms. The molecule has 0 aromatic carbocycles. The van der Waals surface area contributed by atoms with Gasteiger partial charge in [0.25, 0.3) is 10.0 Å². The first-order chi connectivity index (χ1) is 9.53. The lowest BCUT2D eigenvalue weighted by molar-refractivity contribution is 0.576. The number of pyridine rings is 1. The molecule has 7 nitrogen and oxygen atoms in total. The van der Waals surface area contributed by atoms with Crippen molar-refractivity contribution in [1.29, 1.82) is 0 Å². The topological polar surface area (TPSA) is 96.9 Å². The van der Waals surface area contributed by atoms with Crippen molar-refractivity contribution >= 4 is 15.7 Å². The Morgan fingerprint density at radius 1 is 1.20 bits per heavy atom. The van der Waals surface area contributed by atoms with Gasteiger partial charge in [0, 0.05) is 19.4 Å². The van der Waals surface area contributed by atoms with Crippen LogP contribution in [0.25, 0.3) is 0 Å². The summed E-state index contributed by atoms with van der Waals surface area (Å²) in [6.07, 6.45) is 3.02. The third kappa shape index (κ3) is 3.28. The zero-order chi connectivity index (χ0) is 14.6. The molecule has 2 N–H and O–H groups in total. The molecule has 0 spiro atoms. The first kappa shape index (κ1) is 14.4. The van der Waals surface area contributed by atoms with E-state index in [0.29, 0.717) is 17.2 Å². The van der Waals surface area contributed by atoms with Crippen LogP contribution in [-0.2, 0) is 16.6 Å². The van der Waals surface area contributed by atoms with E-state index in [4.69, 9.17) is 0 Å². The van der Waals surface area contributed by atoms with Gasteiger partial charge in [0.2, 0.25) is 0 Å². The fourth-order valence-corrected chi connectivity index (χ4v) is 2.77. The van der Waals surface area contributed by atoms with Crippen LogP contribution in [0.2, 0.25) is 0 Å². The normalized spacial score (nSPS) is 11.3. The molecule has 0 amide bonds. The number of hydrogen-bond donors (Lipinski definition) is 2. The van der Waals surface area contributed by atoms with E-state index in [0.717, 1.165) is 0 Å². The number of aryl methyl sites for hydroxylation is 1. The van der Waals surface area contributed by atoms with Crippen molar-refractivity contribution in [3.8, 4) is 0 Å². The van der Waals surface area contributed by atoms with Gasteiger partial charge in [-0.25, -0.2) is 28.1 Å². The van der Waals surface area contributed by atoms with E-state index in [1.54, 1.807) is 38.4 Å². The average Bonchev–Trinajstić information content (AvgIpc) is 2.45. The van der Waals surface area contributed by atoms with Gasteiger partial charge in [-0.05, 0) is 25.1 Å². The summed E-state index contributed by atoms with van der Waals surface area (Å²) in [6, 6.07) is 4.97. The highest BCUT2D eigenvalue weighted by atomic mass is 32.2. The van der Waals surface area contributed by atoms with E-state index in [1.807, 2.05) is 0 Å². The summed E-state index contributed by atoms with van der Waals surface area (Å²) in [7, 11) is -2.06. The van der Waals surface area contributed by atoms with Crippen molar-refractivity contribution in [2.24, 2.45) is 0 Å². The van der Waals surface area contributed by atoms with E-state index in [1.165, 1.54) is 6.20 Å². The molecule has 2 aromatic rings. The third-order valence-corrected chi connectivity index (χ3v) is 3.93. The predicted octanol–water partition coefficient (Wildman–Crippen LogP) is 0.700. The average molecular weight is 293 g/mol. The van der Waals surface area contributed by atoms with Gasteiger partial charge in [-0.3, -0.25) is 0 Å². The lowest BCUT2D eigenvalue weighted by Gasteiger charge is -2.09.